The minimum atomic E-state index is -0.939. The molecule has 1 aliphatic rings. The summed E-state index contributed by atoms with van der Waals surface area (Å²) in [6.45, 7) is 0. The number of carbonyl (C=O) groups is 1. The average molecular weight is 269 g/mol. The van der Waals surface area contributed by atoms with Gasteiger partial charge < -0.3 is 5.11 Å². The Labute approximate surface area is 109 Å². The number of carboxylic acids is 1. The van der Waals surface area contributed by atoms with E-state index in [1.807, 2.05) is 0 Å². The first-order valence-electron chi connectivity index (χ1n) is 6.01. The van der Waals surface area contributed by atoms with Crippen LogP contribution in [0.2, 0.25) is 0 Å². The van der Waals surface area contributed by atoms with E-state index in [9.17, 15) is 9.59 Å². The second-order valence-electron chi connectivity index (χ2n) is 4.48. The van der Waals surface area contributed by atoms with Crippen LogP contribution in [0.3, 0.4) is 0 Å². The first-order chi connectivity index (χ1) is 8.59. The molecule has 1 fully saturated rings. The van der Waals surface area contributed by atoms with Crippen LogP contribution >= 0.6 is 12.2 Å². The molecular formula is C11H15N3O3S. The molecule has 18 heavy (non-hydrogen) atoms. The van der Waals surface area contributed by atoms with E-state index in [0.717, 1.165) is 25.7 Å². The van der Waals surface area contributed by atoms with Gasteiger partial charge in [-0.15, -0.1) is 0 Å². The van der Waals surface area contributed by atoms with Gasteiger partial charge in [-0.1, -0.05) is 12.8 Å². The average Bonchev–Trinajstić information content (AvgIpc) is 2.81. The lowest BCUT2D eigenvalue weighted by Gasteiger charge is -2.13. The molecule has 0 radical (unpaired) electrons. The molecule has 0 spiro atoms. The second-order valence-corrected chi connectivity index (χ2v) is 4.87. The molecule has 7 heteroatoms. The third kappa shape index (κ3) is 2.66. The van der Waals surface area contributed by atoms with E-state index in [0.29, 0.717) is 4.77 Å². The van der Waals surface area contributed by atoms with E-state index in [-0.39, 0.29) is 30.1 Å². The molecule has 0 aromatic carbocycles. The monoisotopic (exact) mass is 269 g/mol. The van der Waals surface area contributed by atoms with Gasteiger partial charge in [0.2, 0.25) is 0 Å². The van der Waals surface area contributed by atoms with Crippen molar-refractivity contribution in [3.63, 3.8) is 0 Å². The van der Waals surface area contributed by atoms with Crippen molar-refractivity contribution >= 4 is 18.2 Å². The molecule has 1 aliphatic carbocycles. The number of carboxylic acid groups (broad SMARTS) is 1. The number of aromatic nitrogens is 3. The van der Waals surface area contributed by atoms with E-state index in [1.54, 1.807) is 4.57 Å². The zero-order valence-electron chi connectivity index (χ0n) is 9.89. The maximum atomic E-state index is 12.2. The largest absolute Gasteiger partial charge is 0.481 e. The van der Waals surface area contributed by atoms with Crippen LogP contribution in [0.15, 0.2) is 4.79 Å². The lowest BCUT2D eigenvalue weighted by Crippen LogP contribution is -2.30. The number of aryl methyl sites for hydroxylation is 1. The number of rotatable bonds is 4. The molecule has 1 aromatic heterocycles. The van der Waals surface area contributed by atoms with Crippen LogP contribution < -0.4 is 5.56 Å². The zero-order chi connectivity index (χ0) is 13.1. The molecule has 1 saturated carbocycles. The maximum absolute atomic E-state index is 12.2. The highest BCUT2D eigenvalue weighted by molar-refractivity contribution is 7.71. The SMILES string of the molecule is O=C(O)CCc1n[nH]c(=S)n(C2CCCC2)c1=O. The van der Waals surface area contributed by atoms with Crippen molar-refractivity contribution in [1.82, 2.24) is 14.8 Å². The summed E-state index contributed by atoms with van der Waals surface area (Å²) in [6, 6.07) is 0.132. The van der Waals surface area contributed by atoms with E-state index in [2.05, 4.69) is 10.2 Å². The van der Waals surface area contributed by atoms with Gasteiger partial charge in [0, 0.05) is 12.5 Å². The molecule has 1 heterocycles. The van der Waals surface area contributed by atoms with Crippen LogP contribution in [0, 0.1) is 4.77 Å². The van der Waals surface area contributed by atoms with Crippen molar-refractivity contribution in [1.29, 1.82) is 0 Å². The van der Waals surface area contributed by atoms with Crippen molar-refractivity contribution < 1.29 is 9.90 Å². The smallest absolute Gasteiger partial charge is 0.303 e. The minimum absolute atomic E-state index is 0.0997. The molecule has 0 atom stereocenters. The molecule has 0 unspecified atom stereocenters. The summed E-state index contributed by atoms with van der Waals surface area (Å²) < 4.78 is 1.89. The summed E-state index contributed by atoms with van der Waals surface area (Å²) in [5, 5.41) is 15.1. The van der Waals surface area contributed by atoms with Gasteiger partial charge in [-0.05, 0) is 25.1 Å². The normalized spacial score (nSPS) is 16.0. The molecule has 0 aliphatic heterocycles. The standard InChI is InChI=1S/C11H15N3O3S/c15-9(16)6-5-8-10(17)14(11(18)13-12-8)7-3-1-2-4-7/h7H,1-6H2,(H,13,18)(H,15,16). The number of aliphatic carboxylic acids is 1. The van der Waals surface area contributed by atoms with Gasteiger partial charge in [-0.2, -0.15) is 5.10 Å². The Morgan fingerprint density at radius 3 is 2.78 bits per heavy atom. The van der Waals surface area contributed by atoms with Crippen LogP contribution in [-0.2, 0) is 11.2 Å². The minimum Gasteiger partial charge on any atom is -0.481 e. The van der Waals surface area contributed by atoms with Gasteiger partial charge in [0.15, 0.2) is 4.77 Å². The number of H-pyrrole nitrogens is 1. The Kier molecular flexibility index (Phi) is 3.90. The first kappa shape index (κ1) is 12.9. The Bertz CT molecular complexity index is 557. The van der Waals surface area contributed by atoms with E-state index >= 15 is 0 Å². The van der Waals surface area contributed by atoms with Crippen molar-refractivity contribution in [2.45, 2.75) is 44.6 Å². The van der Waals surface area contributed by atoms with E-state index in [4.69, 9.17) is 17.3 Å². The van der Waals surface area contributed by atoms with E-state index in [1.165, 1.54) is 0 Å². The van der Waals surface area contributed by atoms with Gasteiger partial charge >= 0.3 is 5.97 Å². The Hall–Kier alpha value is -1.50. The quantitative estimate of drug-likeness (QED) is 0.807. The molecule has 2 N–H and O–H groups in total. The lowest BCUT2D eigenvalue weighted by atomic mass is 10.2. The molecule has 0 bridgehead atoms. The summed E-state index contributed by atoms with van der Waals surface area (Å²) in [4.78, 5) is 22.7. The molecule has 1 aromatic rings. The number of nitrogens with one attached hydrogen (secondary N) is 1. The summed E-state index contributed by atoms with van der Waals surface area (Å²) in [5.41, 5.74) is 0.00444. The Morgan fingerprint density at radius 2 is 2.17 bits per heavy atom. The summed E-state index contributed by atoms with van der Waals surface area (Å²) in [6.07, 6.45) is 4.11. The molecule has 0 saturated heterocycles. The van der Waals surface area contributed by atoms with Gasteiger partial charge in [-0.3, -0.25) is 19.3 Å². The van der Waals surface area contributed by atoms with Gasteiger partial charge in [0.25, 0.3) is 5.56 Å². The second kappa shape index (κ2) is 5.43. The summed E-state index contributed by atoms with van der Waals surface area (Å²) in [5.74, 6) is -0.939. The van der Waals surface area contributed by atoms with Crippen LogP contribution in [0.25, 0.3) is 0 Å². The number of nitrogens with zero attached hydrogens (tertiary/aromatic N) is 2. The van der Waals surface area contributed by atoms with E-state index < -0.39 is 5.97 Å². The van der Waals surface area contributed by atoms with Crippen LogP contribution in [0.5, 0.6) is 0 Å². The van der Waals surface area contributed by atoms with Crippen molar-refractivity contribution in [2.75, 3.05) is 0 Å². The highest BCUT2D eigenvalue weighted by Crippen LogP contribution is 2.28. The molecule has 0 amide bonds. The summed E-state index contributed by atoms with van der Waals surface area (Å²) in [7, 11) is 0. The van der Waals surface area contributed by atoms with Crippen LogP contribution in [0.1, 0.15) is 43.8 Å². The topological polar surface area (TPSA) is 88.0 Å². The number of aromatic amines is 1. The zero-order valence-corrected chi connectivity index (χ0v) is 10.7. The molecule has 98 valence electrons. The number of hydrogen-bond acceptors (Lipinski definition) is 4. The maximum Gasteiger partial charge on any atom is 0.303 e. The van der Waals surface area contributed by atoms with Crippen LogP contribution in [0.4, 0.5) is 0 Å². The first-order valence-corrected chi connectivity index (χ1v) is 6.42. The predicted octanol–water partition coefficient (Wildman–Crippen LogP) is 1.43. The highest BCUT2D eigenvalue weighted by Gasteiger charge is 2.20. The third-order valence-corrected chi connectivity index (χ3v) is 3.52. The van der Waals surface area contributed by atoms with Crippen molar-refractivity contribution in [2.24, 2.45) is 0 Å². The number of hydrogen-bond donors (Lipinski definition) is 2. The summed E-state index contributed by atoms with van der Waals surface area (Å²) >= 11 is 5.10. The van der Waals surface area contributed by atoms with Crippen molar-refractivity contribution in [3.8, 4) is 0 Å². The van der Waals surface area contributed by atoms with Crippen LogP contribution in [-0.4, -0.2) is 25.8 Å². The fourth-order valence-electron chi connectivity index (χ4n) is 2.33. The fourth-order valence-corrected chi connectivity index (χ4v) is 2.61. The van der Waals surface area contributed by atoms with Gasteiger partial charge in [0.1, 0.15) is 5.69 Å². The molecule has 2 rings (SSSR count). The third-order valence-electron chi connectivity index (χ3n) is 3.24. The van der Waals surface area contributed by atoms with Gasteiger partial charge in [0.05, 0.1) is 6.42 Å². The Morgan fingerprint density at radius 1 is 1.50 bits per heavy atom. The fraction of sp³-hybridized carbons (Fsp3) is 0.636. The Balaban J connectivity index is 2.33. The molecular weight excluding hydrogens is 254 g/mol. The van der Waals surface area contributed by atoms with Crippen molar-refractivity contribution in [3.05, 3.63) is 20.8 Å². The van der Waals surface area contributed by atoms with Gasteiger partial charge in [-0.25, -0.2) is 0 Å². The predicted molar refractivity (Wildman–Crippen MR) is 67.1 cm³/mol. The highest BCUT2D eigenvalue weighted by atomic mass is 32.1. The lowest BCUT2D eigenvalue weighted by molar-refractivity contribution is -0.136. The molecule has 6 nitrogen and oxygen atoms in total.